The van der Waals surface area contributed by atoms with Gasteiger partial charge >= 0.3 is 0 Å². The van der Waals surface area contributed by atoms with Crippen molar-refractivity contribution in [2.75, 3.05) is 12.4 Å². The molecular formula is C13H12BrFN2O. The van der Waals surface area contributed by atoms with E-state index in [1.165, 1.54) is 12.1 Å². The largest absolute Gasteiger partial charge is 0.481 e. The number of rotatable bonds is 4. The molecule has 0 fully saturated rings. The molecule has 1 N–H and O–H groups in total. The number of pyridine rings is 1. The Morgan fingerprint density at radius 3 is 2.94 bits per heavy atom. The fourth-order valence-corrected chi connectivity index (χ4v) is 2.06. The molecule has 1 aromatic carbocycles. The molecule has 0 aliphatic rings. The summed E-state index contributed by atoms with van der Waals surface area (Å²) >= 11 is 3.31. The molecule has 0 spiro atoms. The zero-order chi connectivity index (χ0) is 13.0. The molecule has 0 bridgehead atoms. The Labute approximate surface area is 113 Å². The van der Waals surface area contributed by atoms with Gasteiger partial charge in [0.15, 0.2) is 0 Å². The molecule has 94 valence electrons. The van der Waals surface area contributed by atoms with Crippen LogP contribution in [0.25, 0.3) is 0 Å². The number of nitrogens with one attached hydrogen (secondary N) is 1. The van der Waals surface area contributed by atoms with E-state index in [0.717, 1.165) is 11.3 Å². The van der Waals surface area contributed by atoms with Gasteiger partial charge in [0.2, 0.25) is 5.88 Å². The zero-order valence-corrected chi connectivity index (χ0v) is 11.4. The van der Waals surface area contributed by atoms with Crippen molar-refractivity contribution < 1.29 is 9.13 Å². The van der Waals surface area contributed by atoms with Crippen LogP contribution in [0.3, 0.4) is 0 Å². The average Bonchev–Trinajstić information content (AvgIpc) is 2.38. The number of halogens is 2. The predicted molar refractivity (Wildman–Crippen MR) is 72.2 cm³/mol. The molecule has 1 heterocycles. The van der Waals surface area contributed by atoms with E-state index in [0.29, 0.717) is 16.9 Å². The van der Waals surface area contributed by atoms with Gasteiger partial charge in [-0.3, -0.25) is 0 Å². The van der Waals surface area contributed by atoms with Crippen LogP contribution in [-0.4, -0.2) is 12.1 Å². The molecule has 0 saturated heterocycles. The predicted octanol–water partition coefficient (Wildman–Crippen LogP) is 3.60. The molecule has 0 radical (unpaired) electrons. The smallest absolute Gasteiger partial charge is 0.218 e. The highest BCUT2D eigenvalue weighted by molar-refractivity contribution is 9.10. The second kappa shape index (κ2) is 5.82. The summed E-state index contributed by atoms with van der Waals surface area (Å²) in [4.78, 5) is 4.11. The van der Waals surface area contributed by atoms with Crippen LogP contribution < -0.4 is 10.1 Å². The van der Waals surface area contributed by atoms with Crippen LogP contribution in [0.5, 0.6) is 5.88 Å². The van der Waals surface area contributed by atoms with E-state index < -0.39 is 0 Å². The van der Waals surface area contributed by atoms with Gasteiger partial charge in [-0.1, -0.05) is 6.07 Å². The van der Waals surface area contributed by atoms with E-state index in [9.17, 15) is 4.39 Å². The first-order valence-electron chi connectivity index (χ1n) is 5.37. The lowest BCUT2D eigenvalue weighted by Gasteiger charge is -2.10. The van der Waals surface area contributed by atoms with Crippen LogP contribution >= 0.6 is 15.9 Å². The van der Waals surface area contributed by atoms with Crippen molar-refractivity contribution in [3.05, 3.63) is 52.4 Å². The minimum atomic E-state index is -0.272. The highest BCUT2D eigenvalue weighted by Gasteiger charge is 2.05. The van der Waals surface area contributed by atoms with Gasteiger partial charge in [0.25, 0.3) is 0 Å². The summed E-state index contributed by atoms with van der Waals surface area (Å²) in [5, 5.41) is 3.20. The highest BCUT2D eigenvalue weighted by Crippen LogP contribution is 2.24. The summed E-state index contributed by atoms with van der Waals surface area (Å²) in [5.74, 6) is 0.314. The normalized spacial score (nSPS) is 10.2. The first kappa shape index (κ1) is 12.8. The maximum Gasteiger partial charge on any atom is 0.218 e. The summed E-state index contributed by atoms with van der Waals surface area (Å²) in [6, 6.07) is 8.29. The molecule has 0 atom stereocenters. The molecule has 2 rings (SSSR count). The van der Waals surface area contributed by atoms with Crippen molar-refractivity contribution >= 4 is 21.6 Å². The fourth-order valence-electron chi connectivity index (χ4n) is 1.57. The Balaban J connectivity index is 2.11. The summed E-state index contributed by atoms with van der Waals surface area (Å²) in [6.07, 6.45) is 1.68. The van der Waals surface area contributed by atoms with Crippen LogP contribution in [0.2, 0.25) is 0 Å². The average molecular weight is 311 g/mol. The monoisotopic (exact) mass is 310 g/mol. The Morgan fingerprint density at radius 2 is 2.22 bits per heavy atom. The van der Waals surface area contributed by atoms with Crippen LogP contribution in [0, 0.1) is 5.82 Å². The second-order valence-electron chi connectivity index (χ2n) is 3.65. The fraction of sp³-hybridized carbons (Fsp3) is 0.154. The number of aromatic nitrogens is 1. The lowest BCUT2D eigenvalue weighted by molar-refractivity contribution is 0.393. The van der Waals surface area contributed by atoms with Crippen molar-refractivity contribution in [3.63, 3.8) is 0 Å². The summed E-state index contributed by atoms with van der Waals surface area (Å²) in [5.41, 5.74) is 1.76. The Bertz CT molecular complexity index is 548. The van der Waals surface area contributed by atoms with Crippen LogP contribution in [0.4, 0.5) is 10.1 Å². The van der Waals surface area contributed by atoms with Crippen LogP contribution in [0.15, 0.2) is 41.0 Å². The number of nitrogens with zero attached hydrogens (tertiary/aromatic N) is 1. The molecule has 0 aliphatic heterocycles. The molecule has 0 amide bonds. The SMILES string of the molecule is COc1ncccc1CNc1ccc(F)cc1Br. The van der Waals surface area contributed by atoms with Gasteiger partial charge in [-0.2, -0.15) is 0 Å². The molecular weight excluding hydrogens is 299 g/mol. The molecule has 2 aromatic rings. The van der Waals surface area contributed by atoms with E-state index in [-0.39, 0.29) is 5.82 Å². The molecule has 0 saturated carbocycles. The van der Waals surface area contributed by atoms with Gasteiger partial charge in [-0.25, -0.2) is 9.37 Å². The maximum absolute atomic E-state index is 12.9. The molecule has 18 heavy (non-hydrogen) atoms. The van der Waals surface area contributed by atoms with Crippen molar-refractivity contribution in [1.82, 2.24) is 4.98 Å². The Kier molecular flexibility index (Phi) is 4.15. The van der Waals surface area contributed by atoms with Crippen molar-refractivity contribution in [2.24, 2.45) is 0 Å². The van der Waals surface area contributed by atoms with Gasteiger partial charge in [-0.15, -0.1) is 0 Å². The summed E-state index contributed by atoms with van der Waals surface area (Å²) < 4.78 is 18.8. The Hall–Kier alpha value is -1.62. The minimum Gasteiger partial charge on any atom is -0.481 e. The maximum atomic E-state index is 12.9. The first-order valence-corrected chi connectivity index (χ1v) is 6.17. The zero-order valence-electron chi connectivity index (χ0n) is 9.78. The number of benzene rings is 1. The quantitative estimate of drug-likeness (QED) is 0.937. The lowest BCUT2D eigenvalue weighted by Crippen LogP contribution is -2.03. The topological polar surface area (TPSA) is 34.1 Å². The van der Waals surface area contributed by atoms with Crippen LogP contribution in [-0.2, 0) is 6.54 Å². The number of methoxy groups -OCH3 is 1. The van der Waals surface area contributed by atoms with Crippen molar-refractivity contribution in [2.45, 2.75) is 6.54 Å². The van der Waals surface area contributed by atoms with Gasteiger partial charge < -0.3 is 10.1 Å². The van der Waals surface area contributed by atoms with E-state index in [1.54, 1.807) is 19.4 Å². The van der Waals surface area contributed by atoms with Gasteiger partial charge in [0.1, 0.15) is 5.82 Å². The van der Waals surface area contributed by atoms with E-state index in [1.807, 2.05) is 12.1 Å². The van der Waals surface area contributed by atoms with E-state index in [4.69, 9.17) is 4.74 Å². The number of hydrogen-bond acceptors (Lipinski definition) is 3. The van der Waals surface area contributed by atoms with Crippen LogP contribution in [0.1, 0.15) is 5.56 Å². The van der Waals surface area contributed by atoms with Gasteiger partial charge in [-0.05, 0) is 40.2 Å². The molecule has 5 heteroatoms. The Morgan fingerprint density at radius 1 is 1.39 bits per heavy atom. The number of ether oxygens (including phenoxy) is 1. The van der Waals surface area contributed by atoms with Crippen molar-refractivity contribution in [1.29, 1.82) is 0 Å². The highest BCUT2D eigenvalue weighted by atomic mass is 79.9. The molecule has 1 aromatic heterocycles. The second-order valence-corrected chi connectivity index (χ2v) is 4.50. The number of hydrogen-bond donors (Lipinski definition) is 1. The van der Waals surface area contributed by atoms with Gasteiger partial charge in [0, 0.05) is 28.5 Å². The van der Waals surface area contributed by atoms with Crippen molar-refractivity contribution in [3.8, 4) is 5.88 Å². The third-order valence-electron chi connectivity index (χ3n) is 2.44. The molecule has 0 unspecified atom stereocenters. The summed E-state index contributed by atoms with van der Waals surface area (Å²) in [6.45, 7) is 0.557. The third-order valence-corrected chi connectivity index (χ3v) is 3.10. The van der Waals surface area contributed by atoms with E-state index >= 15 is 0 Å². The molecule has 0 aliphatic carbocycles. The first-order chi connectivity index (χ1) is 8.70. The minimum absolute atomic E-state index is 0.272. The number of anilines is 1. The standard InChI is InChI=1S/C13H12BrFN2O/c1-18-13-9(3-2-6-16-13)8-17-12-5-4-10(15)7-11(12)14/h2-7,17H,8H2,1H3. The summed E-state index contributed by atoms with van der Waals surface area (Å²) in [7, 11) is 1.58. The lowest BCUT2D eigenvalue weighted by atomic mass is 10.2. The van der Waals surface area contributed by atoms with E-state index in [2.05, 4.69) is 26.2 Å². The molecule has 3 nitrogen and oxygen atoms in total. The van der Waals surface area contributed by atoms with Gasteiger partial charge in [0.05, 0.1) is 7.11 Å². The third kappa shape index (κ3) is 2.98.